The molecule has 0 bridgehead atoms. The predicted molar refractivity (Wildman–Crippen MR) is 49.6 cm³/mol. The smallest absolute Gasteiger partial charge is 0.379 e. The molecule has 0 rings (SSSR count). The summed E-state index contributed by atoms with van der Waals surface area (Å²) in [6.07, 6.45) is -8.52. The van der Waals surface area contributed by atoms with Crippen molar-refractivity contribution >= 4 is 16.9 Å². The number of halogens is 7. The van der Waals surface area contributed by atoms with Gasteiger partial charge in [-0.3, -0.25) is 5.41 Å². The van der Waals surface area contributed by atoms with Crippen molar-refractivity contribution < 1.29 is 30.7 Å². The van der Waals surface area contributed by atoms with Crippen LogP contribution in [-0.4, -0.2) is 28.9 Å². The van der Waals surface area contributed by atoms with Crippen LogP contribution in [-0.2, 0) is 0 Å². The molecule has 0 aliphatic rings. The summed E-state index contributed by atoms with van der Waals surface area (Å²) in [5, 5.41) is 6.26. The first-order chi connectivity index (χ1) is 7.42. The zero-order chi connectivity index (χ0) is 13.9. The molecule has 0 aliphatic carbocycles. The Kier molecular flexibility index (Phi) is 5.11. The van der Waals surface area contributed by atoms with Crippen LogP contribution >= 0.6 is 11.8 Å². The molecular formula is C7H9F7N2S. The highest BCUT2D eigenvalue weighted by Gasteiger charge is 2.72. The van der Waals surface area contributed by atoms with E-state index >= 15 is 0 Å². The summed E-state index contributed by atoms with van der Waals surface area (Å²) in [5.74, 6) is -11.4. The minimum atomic E-state index is -6.29. The second kappa shape index (κ2) is 5.32. The van der Waals surface area contributed by atoms with Gasteiger partial charge in [-0.05, 0) is 6.42 Å². The third-order valence-corrected chi connectivity index (χ3v) is 2.51. The number of hydrogen-bond acceptors (Lipinski definition) is 2. The van der Waals surface area contributed by atoms with Gasteiger partial charge in [0.15, 0.2) is 5.17 Å². The third-order valence-electron chi connectivity index (χ3n) is 1.71. The number of thioether (sulfide) groups is 1. The van der Waals surface area contributed by atoms with Crippen molar-refractivity contribution in [2.75, 3.05) is 5.75 Å². The number of amidine groups is 1. The van der Waals surface area contributed by atoms with Crippen molar-refractivity contribution in [3.05, 3.63) is 0 Å². The summed E-state index contributed by atoms with van der Waals surface area (Å²) in [7, 11) is 0. The highest BCUT2D eigenvalue weighted by molar-refractivity contribution is 8.13. The van der Waals surface area contributed by atoms with Gasteiger partial charge in [0.05, 0.1) is 0 Å². The molecular weight excluding hydrogens is 277 g/mol. The van der Waals surface area contributed by atoms with Crippen LogP contribution in [0.5, 0.6) is 0 Å². The van der Waals surface area contributed by atoms with Crippen molar-refractivity contribution in [2.45, 2.75) is 30.9 Å². The van der Waals surface area contributed by atoms with Gasteiger partial charge in [0, 0.05) is 12.2 Å². The fourth-order valence-electron chi connectivity index (χ4n) is 0.841. The largest absolute Gasteiger partial charge is 0.459 e. The van der Waals surface area contributed by atoms with Crippen LogP contribution in [0.25, 0.3) is 0 Å². The van der Waals surface area contributed by atoms with E-state index in [-0.39, 0.29) is 5.75 Å². The molecule has 0 unspecified atom stereocenters. The quantitative estimate of drug-likeness (QED) is 0.353. The third kappa shape index (κ3) is 4.25. The molecule has 0 saturated heterocycles. The molecule has 3 N–H and O–H groups in total. The first-order valence-electron chi connectivity index (χ1n) is 4.21. The maximum atomic E-state index is 12.7. The van der Waals surface area contributed by atoms with E-state index in [1.807, 2.05) is 0 Å². The Morgan fingerprint density at radius 2 is 1.53 bits per heavy atom. The summed E-state index contributed by atoms with van der Waals surface area (Å²) < 4.78 is 85.0. The Morgan fingerprint density at radius 1 is 1.06 bits per heavy atom. The van der Waals surface area contributed by atoms with E-state index < -0.39 is 36.0 Å². The summed E-state index contributed by atoms with van der Waals surface area (Å²) >= 11 is 0.592. The van der Waals surface area contributed by atoms with E-state index in [4.69, 9.17) is 11.1 Å². The zero-order valence-electron chi connectivity index (χ0n) is 8.25. The maximum absolute atomic E-state index is 12.7. The molecule has 0 saturated carbocycles. The Balaban J connectivity index is 4.42. The fourth-order valence-corrected chi connectivity index (χ4v) is 1.35. The van der Waals surface area contributed by atoms with Gasteiger partial charge in [-0.25, -0.2) is 0 Å². The Morgan fingerprint density at radius 3 is 1.88 bits per heavy atom. The van der Waals surface area contributed by atoms with E-state index in [0.29, 0.717) is 11.8 Å². The average Bonchev–Trinajstić information content (AvgIpc) is 2.10. The Hall–Kier alpha value is -0.670. The topological polar surface area (TPSA) is 49.9 Å². The summed E-state index contributed by atoms with van der Waals surface area (Å²) in [4.78, 5) is 0. The Bertz CT molecular complexity index is 276. The number of rotatable bonds is 5. The lowest BCUT2D eigenvalue weighted by atomic mass is 10.1. The highest BCUT2D eigenvalue weighted by atomic mass is 32.2. The van der Waals surface area contributed by atoms with Gasteiger partial charge in [-0.1, -0.05) is 11.8 Å². The standard InChI is InChI=1S/C7H9F7N2S/c8-5(9,2-1-3-17-4(15)16)6(10,11)7(12,13)14/h1-3H2,(H3,15,16). The fraction of sp³-hybridized carbons (Fsp3) is 0.857. The van der Waals surface area contributed by atoms with Gasteiger partial charge < -0.3 is 5.73 Å². The molecule has 0 radical (unpaired) electrons. The van der Waals surface area contributed by atoms with E-state index in [9.17, 15) is 30.7 Å². The van der Waals surface area contributed by atoms with Crippen molar-refractivity contribution in [3.8, 4) is 0 Å². The molecule has 0 atom stereocenters. The SMILES string of the molecule is N=C(N)SCCCC(F)(F)C(F)(F)C(F)(F)F. The van der Waals surface area contributed by atoms with Crippen molar-refractivity contribution in [1.82, 2.24) is 0 Å². The molecule has 0 heterocycles. The lowest BCUT2D eigenvalue weighted by molar-refractivity contribution is -0.355. The van der Waals surface area contributed by atoms with Crippen LogP contribution in [0.15, 0.2) is 0 Å². The Labute approximate surface area is 96.2 Å². The van der Waals surface area contributed by atoms with Gasteiger partial charge in [-0.2, -0.15) is 30.7 Å². The number of nitrogens with two attached hydrogens (primary N) is 1. The first kappa shape index (κ1) is 16.3. The van der Waals surface area contributed by atoms with Gasteiger partial charge in [0.2, 0.25) is 0 Å². The van der Waals surface area contributed by atoms with Crippen molar-refractivity contribution in [2.24, 2.45) is 5.73 Å². The number of alkyl halides is 7. The molecule has 0 aromatic heterocycles. The van der Waals surface area contributed by atoms with Gasteiger partial charge in [0.25, 0.3) is 0 Å². The summed E-state index contributed by atoms with van der Waals surface area (Å²) in [6.45, 7) is 0. The van der Waals surface area contributed by atoms with Crippen molar-refractivity contribution in [1.29, 1.82) is 5.41 Å². The van der Waals surface area contributed by atoms with Gasteiger partial charge in [-0.15, -0.1) is 0 Å². The predicted octanol–water partition coefficient (Wildman–Crippen LogP) is 3.23. The molecule has 0 amide bonds. The molecule has 102 valence electrons. The van der Waals surface area contributed by atoms with Crippen molar-refractivity contribution in [3.63, 3.8) is 0 Å². The van der Waals surface area contributed by atoms with Crippen LogP contribution in [0.3, 0.4) is 0 Å². The van der Waals surface area contributed by atoms with Crippen LogP contribution in [0.2, 0.25) is 0 Å². The van der Waals surface area contributed by atoms with E-state index in [1.165, 1.54) is 0 Å². The molecule has 0 aromatic carbocycles. The highest BCUT2D eigenvalue weighted by Crippen LogP contribution is 2.48. The van der Waals surface area contributed by atoms with Crippen LogP contribution in [0.1, 0.15) is 12.8 Å². The van der Waals surface area contributed by atoms with Crippen LogP contribution in [0.4, 0.5) is 30.7 Å². The monoisotopic (exact) mass is 286 g/mol. The maximum Gasteiger partial charge on any atom is 0.459 e. The summed E-state index contributed by atoms with van der Waals surface area (Å²) in [6, 6.07) is 0. The van der Waals surface area contributed by atoms with E-state index in [2.05, 4.69) is 0 Å². The number of nitrogens with one attached hydrogen (secondary N) is 1. The molecule has 17 heavy (non-hydrogen) atoms. The molecule has 0 aromatic rings. The van der Waals surface area contributed by atoms with E-state index in [0.717, 1.165) is 0 Å². The van der Waals surface area contributed by atoms with Crippen LogP contribution < -0.4 is 5.73 Å². The molecule has 0 fully saturated rings. The summed E-state index contributed by atoms with van der Waals surface area (Å²) in [5.41, 5.74) is 4.83. The van der Waals surface area contributed by atoms with Crippen LogP contribution in [0, 0.1) is 5.41 Å². The normalized spacial score (nSPS) is 13.8. The number of hydrogen-bond donors (Lipinski definition) is 2. The zero-order valence-corrected chi connectivity index (χ0v) is 9.07. The lowest BCUT2D eigenvalue weighted by Gasteiger charge is -2.28. The van der Waals surface area contributed by atoms with E-state index in [1.54, 1.807) is 0 Å². The second-order valence-electron chi connectivity index (χ2n) is 3.09. The molecule has 2 nitrogen and oxygen atoms in total. The molecule has 10 heteroatoms. The first-order valence-corrected chi connectivity index (χ1v) is 5.19. The minimum absolute atomic E-state index is 0.223. The minimum Gasteiger partial charge on any atom is -0.379 e. The second-order valence-corrected chi connectivity index (χ2v) is 4.23. The van der Waals surface area contributed by atoms with Gasteiger partial charge in [0.1, 0.15) is 0 Å². The average molecular weight is 286 g/mol. The van der Waals surface area contributed by atoms with Gasteiger partial charge >= 0.3 is 18.0 Å². The lowest BCUT2D eigenvalue weighted by Crippen LogP contribution is -2.51. The molecule has 0 aliphatic heterocycles. The molecule has 0 spiro atoms.